The van der Waals surface area contributed by atoms with Crippen LogP contribution < -0.4 is 15.2 Å². The maximum atomic E-state index is 11.1. The third-order valence-electron chi connectivity index (χ3n) is 3.18. The summed E-state index contributed by atoms with van der Waals surface area (Å²) in [7, 11) is -1.51. The molecule has 1 saturated heterocycles. The molecule has 1 aliphatic heterocycles. The molecule has 1 heterocycles. The SMILES string of the molecule is COc1ccc(C(N)CC(=O)O)cc1OC1CS(=O)(=O)C1. The van der Waals surface area contributed by atoms with Crippen molar-refractivity contribution in [2.45, 2.75) is 18.6 Å². The fraction of sp³-hybridized carbons (Fsp3) is 0.462. The fourth-order valence-electron chi connectivity index (χ4n) is 2.09. The quantitative estimate of drug-likeness (QED) is 0.777. The molecule has 2 rings (SSSR count). The Bertz CT molecular complexity index is 630. The Kier molecular flexibility index (Phi) is 4.38. The average Bonchev–Trinajstić information content (AvgIpc) is 2.35. The van der Waals surface area contributed by atoms with Gasteiger partial charge < -0.3 is 20.3 Å². The maximum absolute atomic E-state index is 11.1. The lowest BCUT2D eigenvalue weighted by atomic mass is 10.0. The van der Waals surface area contributed by atoms with Crippen molar-refractivity contribution in [3.63, 3.8) is 0 Å². The van der Waals surface area contributed by atoms with Gasteiger partial charge >= 0.3 is 5.97 Å². The van der Waals surface area contributed by atoms with E-state index in [0.29, 0.717) is 17.1 Å². The standard InChI is InChI=1S/C13H17NO6S/c1-19-11-3-2-8(10(14)5-13(15)16)4-12(11)20-9-6-21(17,18)7-9/h2-4,9-10H,5-7,14H2,1H3,(H,15,16). The number of rotatable bonds is 6. The summed E-state index contributed by atoms with van der Waals surface area (Å²) in [6, 6.07) is 4.22. The molecule has 0 radical (unpaired) electrons. The van der Waals surface area contributed by atoms with Gasteiger partial charge in [0.2, 0.25) is 0 Å². The summed E-state index contributed by atoms with van der Waals surface area (Å²) in [5, 5.41) is 8.76. The summed E-state index contributed by atoms with van der Waals surface area (Å²) < 4.78 is 33.0. The lowest BCUT2D eigenvalue weighted by Crippen LogP contribution is -2.45. The number of hydrogen-bond donors (Lipinski definition) is 2. The Labute approximate surface area is 122 Å². The molecule has 116 valence electrons. The van der Waals surface area contributed by atoms with Crippen molar-refractivity contribution in [3.05, 3.63) is 23.8 Å². The van der Waals surface area contributed by atoms with Crippen molar-refractivity contribution in [1.29, 1.82) is 0 Å². The first kappa shape index (κ1) is 15.6. The van der Waals surface area contributed by atoms with Gasteiger partial charge in [-0.25, -0.2) is 8.42 Å². The van der Waals surface area contributed by atoms with E-state index in [1.165, 1.54) is 7.11 Å². The van der Waals surface area contributed by atoms with E-state index < -0.39 is 28.0 Å². The molecule has 21 heavy (non-hydrogen) atoms. The van der Waals surface area contributed by atoms with E-state index in [9.17, 15) is 13.2 Å². The lowest BCUT2D eigenvalue weighted by Gasteiger charge is -2.27. The molecule has 0 aromatic heterocycles. The molecule has 1 aromatic rings. The van der Waals surface area contributed by atoms with Gasteiger partial charge in [0.05, 0.1) is 25.0 Å². The van der Waals surface area contributed by atoms with Gasteiger partial charge in [-0.2, -0.15) is 0 Å². The highest BCUT2D eigenvalue weighted by Crippen LogP contribution is 2.32. The predicted octanol–water partition coefficient (Wildman–Crippen LogP) is 0.345. The number of aliphatic carboxylic acids is 1. The lowest BCUT2D eigenvalue weighted by molar-refractivity contribution is -0.137. The zero-order chi connectivity index (χ0) is 15.6. The van der Waals surface area contributed by atoms with Gasteiger partial charge in [0.25, 0.3) is 0 Å². The first-order valence-corrected chi connectivity index (χ1v) is 8.15. The highest BCUT2D eigenvalue weighted by Gasteiger charge is 2.35. The summed E-state index contributed by atoms with van der Waals surface area (Å²) in [5.74, 6) is -0.226. The van der Waals surface area contributed by atoms with Gasteiger partial charge in [0.1, 0.15) is 6.10 Å². The number of hydrogen-bond acceptors (Lipinski definition) is 6. The average molecular weight is 315 g/mol. The van der Waals surface area contributed by atoms with Crippen LogP contribution in [0.1, 0.15) is 18.0 Å². The van der Waals surface area contributed by atoms with Crippen LogP contribution in [0.4, 0.5) is 0 Å². The summed E-state index contributed by atoms with van der Waals surface area (Å²) in [5.41, 5.74) is 6.40. The van der Waals surface area contributed by atoms with Crippen molar-refractivity contribution >= 4 is 15.8 Å². The molecule has 0 amide bonds. The number of nitrogens with two attached hydrogens (primary N) is 1. The van der Waals surface area contributed by atoms with Crippen molar-refractivity contribution in [3.8, 4) is 11.5 Å². The van der Waals surface area contributed by atoms with Crippen molar-refractivity contribution < 1.29 is 27.8 Å². The number of carboxylic acid groups (broad SMARTS) is 1. The fourth-order valence-corrected chi connectivity index (χ4v) is 3.26. The zero-order valence-electron chi connectivity index (χ0n) is 11.5. The molecular weight excluding hydrogens is 298 g/mol. The van der Waals surface area contributed by atoms with E-state index >= 15 is 0 Å². The van der Waals surface area contributed by atoms with E-state index in [1.807, 2.05) is 0 Å². The first-order chi connectivity index (χ1) is 9.80. The minimum Gasteiger partial charge on any atom is -0.493 e. The predicted molar refractivity (Wildman–Crippen MR) is 75.2 cm³/mol. The molecule has 1 fully saturated rings. The Morgan fingerprint density at radius 2 is 2.10 bits per heavy atom. The third-order valence-corrected chi connectivity index (χ3v) is 4.94. The summed E-state index contributed by atoms with van der Waals surface area (Å²) in [6.07, 6.45) is -0.612. The Morgan fingerprint density at radius 1 is 1.43 bits per heavy atom. The van der Waals surface area contributed by atoms with Crippen LogP contribution in [0.15, 0.2) is 18.2 Å². The molecule has 1 aromatic carbocycles. The van der Waals surface area contributed by atoms with Crippen LogP contribution in [0.25, 0.3) is 0 Å². The van der Waals surface area contributed by atoms with E-state index in [0.717, 1.165) is 0 Å². The van der Waals surface area contributed by atoms with Gasteiger partial charge in [-0.05, 0) is 17.7 Å². The number of methoxy groups -OCH3 is 1. The van der Waals surface area contributed by atoms with Crippen LogP contribution in [0.5, 0.6) is 11.5 Å². The third kappa shape index (κ3) is 3.85. The van der Waals surface area contributed by atoms with E-state index in [2.05, 4.69) is 0 Å². The van der Waals surface area contributed by atoms with Crippen LogP contribution in [0.2, 0.25) is 0 Å². The maximum Gasteiger partial charge on any atom is 0.305 e. The Hall–Kier alpha value is -1.80. The molecular formula is C13H17NO6S. The van der Waals surface area contributed by atoms with Crippen LogP contribution in [0.3, 0.4) is 0 Å². The minimum atomic E-state index is -2.98. The molecule has 0 saturated carbocycles. The molecule has 0 aliphatic carbocycles. The number of carboxylic acids is 1. The topological polar surface area (TPSA) is 116 Å². The molecule has 7 nitrogen and oxygen atoms in total. The van der Waals surface area contributed by atoms with E-state index in [1.54, 1.807) is 18.2 Å². The van der Waals surface area contributed by atoms with Gasteiger partial charge in [0, 0.05) is 6.04 Å². The summed E-state index contributed by atoms with van der Waals surface area (Å²) in [6.45, 7) is 0. The second-order valence-corrected chi connectivity index (χ2v) is 7.09. The number of benzene rings is 1. The number of carbonyl (C=O) groups is 1. The zero-order valence-corrected chi connectivity index (χ0v) is 12.3. The summed E-state index contributed by atoms with van der Waals surface area (Å²) in [4.78, 5) is 10.7. The number of ether oxygens (including phenoxy) is 2. The van der Waals surface area contributed by atoms with Crippen molar-refractivity contribution in [2.24, 2.45) is 5.73 Å². The van der Waals surface area contributed by atoms with Gasteiger partial charge in [-0.3, -0.25) is 4.79 Å². The Balaban J connectivity index is 2.16. The van der Waals surface area contributed by atoms with Gasteiger partial charge in [0.15, 0.2) is 21.3 Å². The largest absolute Gasteiger partial charge is 0.493 e. The van der Waals surface area contributed by atoms with Crippen molar-refractivity contribution in [2.75, 3.05) is 18.6 Å². The first-order valence-electron chi connectivity index (χ1n) is 6.33. The molecule has 0 bridgehead atoms. The van der Waals surface area contributed by atoms with Crippen LogP contribution >= 0.6 is 0 Å². The van der Waals surface area contributed by atoms with Gasteiger partial charge in [-0.1, -0.05) is 6.07 Å². The van der Waals surface area contributed by atoms with E-state index in [4.69, 9.17) is 20.3 Å². The highest BCUT2D eigenvalue weighted by atomic mass is 32.2. The second-order valence-electron chi connectivity index (χ2n) is 4.93. The normalized spacial score (nSPS) is 18.6. The molecule has 1 unspecified atom stereocenters. The molecule has 1 atom stereocenters. The Morgan fingerprint density at radius 3 is 2.62 bits per heavy atom. The monoisotopic (exact) mass is 315 g/mol. The highest BCUT2D eigenvalue weighted by molar-refractivity contribution is 7.92. The van der Waals surface area contributed by atoms with Crippen LogP contribution in [0, 0.1) is 0 Å². The summed E-state index contributed by atoms with van der Waals surface area (Å²) >= 11 is 0. The van der Waals surface area contributed by atoms with Crippen LogP contribution in [-0.4, -0.2) is 44.2 Å². The molecule has 3 N–H and O–H groups in total. The molecule has 1 aliphatic rings. The minimum absolute atomic E-state index is 0.0262. The van der Waals surface area contributed by atoms with Crippen molar-refractivity contribution in [1.82, 2.24) is 0 Å². The van der Waals surface area contributed by atoms with E-state index in [-0.39, 0.29) is 17.9 Å². The molecule has 8 heteroatoms. The van der Waals surface area contributed by atoms with Crippen LogP contribution in [-0.2, 0) is 14.6 Å². The number of sulfone groups is 1. The second kappa shape index (κ2) is 5.90. The van der Waals surface area contributed by atoms with Gasteiger partial charge in [-0.15, -0.1) is 0 Å². The molecule has 0 spiro atoms. The smallest absolute Gasteiger partial charge is 0.305 e.